The summed E-state index contributed by atoms with van der Waals surface area (Å²) >= 11 is 1.57. The van der Waals surface area contributed by atoms with Crippen molar-refractivity contribution in [3.8, 4) is 0 Å². The number of nitrogens with one attached hydrogen (secondary N) is 1. The van der Waals surface area contributed by atoms with E-state index in [1.807, 2.05) is 54.6 Å². The summed E-state index contributed by atoms with van der Waals surface area (Å²) in [5.41, 5.74) is 1.76. The van der Waals surface area contributed by atoms with Crippen LogP contribution in [-0.4, -0.2) is 34.8 Å². The van der Waals surface area contributed by atoms with E-state index >= 15 is 0 Å². The van der Waals surface area contributed by atoms with Crippen LogP contribution in [0.3, 0.4) is 0 Å². The van der Waals surface area contributed by atoms with E-state index in [9.17, 15) is 9.59 Å². The number of anilines is 1. The first kappa shape index (κ1) is 18.4. The summed E-state index contributed by atoms with van der Waals surface area (Å²) in [6, 6.07) is 17.4. The number of amides is 2. The first-order valence-corrected chi connectivity index (χ1v) is 10.2. The van der Waals surface area contributed by atoms with Crippen LogP contribution in [0.4, 0.5) is 5.69 Å². The van der Waals surface area contributed by atoms with Gasteiger partial charge in [-0.25, -0.2) is 4.98 Å². The van der Waals surface area contributed by atoms with E-state index < -0.39 is 0 Å². The number of piperidine rings is 1. The number of likely N-dealkylation sites (tertiary alicyclic amines) is 1. The fraction of sp³-hybridized carbons (Fsp3) is 0.227. The zero-order chi connectivity index (χ0) is 19.3. The Labute approximate surface area is 167 Å². The average Bonchev–Trinajstić information content (AvgIpc) is 3.16. The van der Waals surface area contributed by atoms with Crippen LogP contribution in [0.1, 0.15) is 17.8 Å². The fourth-order valence-corrected chi connectivity index (χ4v) is 4.21. The van der Waals surface area contributed by atoms with E-state index in [1.54, 1.807) is 28.4 Å². The summed E-state index contributed by atoms with van der Waals surface area (Å²) in [4.78, 5) is 31.2. The molecule has 1 aromatic heterocycles. The summed E-state index contributed by atoms with van der Waals surface area (Å²) < 4.78 is 1.11. The SMILES string of the molecule is O=C(Nc1ccccc1)C1CCN(C(=O)C=Cc2nc3ccccc3s2)CC1. The van der Waals surface area contributed by atoms with Crippen LogP contribution >= 0.6 is 11.3 Å². The van der Waals surface area contributed by atoms with Crippen LogP contribution in [0.15, 0.2) is 60.7 Å². The molecule has 0 atom stereocenters. The van der Waals surface area contributed by atoms with Crippen LogP contribution in [0.2, 0.25) is 0 Å². The molecule has 0 aliphatic carbocycles. The molecule has 5 nitrogen and oxygen atoms in total. The standard InChI is InChI=1S/C22H21N3O2S/c26-21(11-10-20-24-18-8-4-5-9-19(18)28-20)25-14-12-16(13-15-25)22(27)23-17-6-2-1-3-7-17/h1-11,16H,12-15H2,(H,23,27). The summed E-state index contributed by atoms with van der Waals surface area (Å²) in [5.74, 6) is -0.0537. The number of thiazole rings is 1. The van der Waals surface area contributed by atoms with Gasteiger partial charge in [-0.1, -0.05) is 30.3 Å². The van der Waals surface area contributed by atoms with E-state index in [0.717, 1.165) is 20.9 Å². The minimum Gasteiger partial charge on any atom is -0.339 e. The zero-order valence-electron chi connectivity index (χ0n) is 15.4. The van der Waals surface area contributed by atoms with Crippen molar-refractivity contribution in [3.05, 3.63) is 65.7 Å². The van der Waals surface area contributed by atoms with Crippen molar-refractivity contribution in [1.82, 2.24) is 9.88 Å². The number of carbonyl (C=O) groups is 2. The molecule has 2 amide bonds. The van der Waals surface area contributed by atoms with Crippen LogP contribution in [0.5, 0.6) is 0 Å². The van der Waals surface area contributed by atoms with Crippen molar-refractivity contribution in [2.75, 3.05) is 18.4 Å². The zero-order valence-corrected chi connectivity index (χ0v) is 16.2. The second-order valence-corrected chi connectivity index (χ2v) is 7.87. The second kappa shape index (κ2) is 8.35. The van der Waals surface area contributed by atoms with Crippen molar-refractivity contribution in [2.24, 2.45) is 5.92 Å². The largest absolute Gasteiger partial charge is 0.339 e. The number of fused-ring (bicyclic) bond motifs is 1. The Morgan fingerprint density at radius 3 is 2.50 bits per heavy atom. The van der Waals surface area contributed by atoms with Gasteiger partial charge in [-0.3, -0.25) is 9.59 Å². The molecule has 6 heteroatoms. The molecular weight excluding hydrogens is 370 g/mol. The van der Waals surface area contributed by atoms with Gasteiger partial charge < -0.3 is 10.2 Å². The quantitative estimate of drug-likeness (QED) is 0.679. The Morgan fingerprint density at radius 1 is 1.04 bits per heavy atom. The van der Waals surface area contributed by atoms with Gasteiger partial charge in [-0.2, -0.15) is 0 Å². The van der Waals surface area contributed by atoms with Crippen molar-refractivity contribution in [3.63, 3.8) is 0 Å². The molecule has 0 radical (unpaired) electrons. The monoisotopic (exact) mass is 391 g/mol. The summed E-state index contributed by atoms with van der Waals surface area (Å²) in [6.07, 6.45) is 4.72. The molecule has 0 saturated carbocycles. The smallest absolute Gasteiger partial charge is 0.246 e. The molecule has 1 aliphatic rings. The highest BCUT2D eigenvalue weighted by Crippen LogP contribution is 2.23. The summed E-state index contributed by atoms with van der Waals surface area (Å²) in [7, 11) is 0. The van der Waals surface area contributed by atoms with Gasteiger partial charge >= 0.3 is 0 Å². The topological polar surface area (TPSA) is 62.3 Å². The lowest BCUT2D eigenvalue weighted by Crippen LogP contribution is -2.40. The van der Waals surface area contributed by atoms with Gasteiger partial charge in [0.1, 0.15) is 5.01 Å². The molecular formula is C22H21N3O2S. The number of rotatable bonds is 4. The van der Waals surface area contributed by atoms with Crippen molar-refractivity contribution < 1.29 is 9.59 Å². The lowest BCUT2D eigenvalue weighted by atomic mass is 9.95. The molecule has 4 rings (SSSR count). The Hall–Kier alpha value is -2.99. The number of benzene rings is 2. The first-order valence-electron chi connectivity index (χ1n) is 9.37. The number of hydrogen-bond donors (Lipinski definition) is 1. The normalized spacial score (nSPS) is 15.2. The summed E-state index contributed by atoms with van der Waals surface area (Å²) in [6.45, 7) is 1.19. The first-order chi connectivity index (χ1) is 13.7. The van der Waals surface area contributed by atoms with Crippen molar-refractivity contribution in [2.45, 2.75) is 12.8 Å². The molecule has 2 heterocycles. The number of para-hydroxylation sites is 2. The predicted molar refractivity (Wildman–Crippen MR) is 113 cm³/mol. The van der Waals surface area contributed by atoms with Crippen LogP contribution < -0.4 is 5.32 Å². The highest BCUT2D eigenvalue weighted by molar-refractivity contribution is 7.19. The van der Waals surface area contributed by atoms with Gasteiger partial charge in [0.25, 0.3) is 0 Å². The van der Waals surface area contributed by atoms with E-state index in [0.29, 0.717) is 25.9 Å². The molecule has 1 aliphatic heterocycles. The molecule has 0 unspecified atom stereocenters. The molecule has 28 heavy (non-hydrogen) atoms. The number of nitrogens with zero attached hydrogens (tertiary/aromatic N) is 2. The third-order valence-corrected chi connectivity index (χ3v) is 5.90. The van der Waals surface area contributed by atoms with Gasteiger partial charge in [0.15, 0.2) is 0 Å². The predicted octanol–water partition coefficient (Wildman–Crippen LogP) is 4.19. The lowest BCUT2D eigenvalue weighted by molar-refractivity contribution is -0.130. The van der Waals surface area contributed by atoms with Crippen molar-refractivity contribution >= 4 is 45.1 Å². The molecule has 142 valence electrons. The van der Waals surface area contributed by atoms with E-state index in [1.165, 1.54) is 0 Å². The lowest BCUT2D eigenvalue weighted by Gasteiger charge is -2.30. The number of hydrogen-bond acceptors (Lipinski definition) is 4. The molecule has 0 spiro atoms. The van der Waals surface area contributed by atoms with Gasteiger partial charge in [0, 0.05) is 30.8 Å². The maximum Gasteiger partial charge on any atom is 0.246 e. The molecule has 0 bridgehead atoms. The Bertz CT molecular complexity index is 972. The van der Waals surface area contributed by atoms with Gasteiger partial charge in [0.2, 0.25) is 11.8 Å². The average molecular weight is 391 g/mol. The minimum atomic E-state index is -0.0579. The Kier molecular flexibility index (Phi) is 5.48. The van der Waals surface area contributed by atoms with Crippen LogP contribution in [0, 0.1) is 5.92 Å². The van der Waals surface area contributed by atoms with E-state index in [4.69, 9.17) is 0 Å². The highest BCUT2D eigenvalue weighted by Gasteiger charge is 2.26. The highest BCUT2D eigenvalue weighted by atomic mass is 32.1. The molecule has 2 aromatic carbocycles. The molecule has 1 saturated heterocycles. The van der Waals surface area contributed by atoms with Crippen LogP contribution in [0.25, 0.3) is 16.3 Å². The van der Waals surface area contributed by atoms with Gasteiger partial charge in [-0.05, 0) is 43.2 Å². The van der Waals surface area contributed by atoms with Gasteiger partial charge in [0.05, 0.1) is 10.2 Å². The van der Waals surface area contributed by atoms with E-state index in [-0.39, 0.29) is 17.7 Å². The molecule has 3 aromatic rings. The van der Waals surface area contributed by atoms with Crippen molar-refractivity contribution in [1.29, 1.82) is 0 Å². The Balaban J connectivity index is 1.30. The number of aromatic nitrogens is 1. The Morgan fingerprint density at radius 2 is 1.75 bits per heavy atom. The molecule has 1 N–H and O–H groups in total. The van der Waals surface area contributed by atoms with E-state index in [2.05, 4.69) is 10.3 Å². The fourth-order valence-electron chi connectivity index (χ4n) is 3.34. The summed E-state index contributed by atoms with van der Waals surface area (Å²) in [5, 5.41) is 3.78. The maximum atomic E-state index is 12.5. The third-order valence-electron chi connectivity index (χ3n) is 4.90. The maximum absolute atomic E-state index is 12.5. The minimum absolute atomic E-state index is 0.0267. The second-order valence-electron chi connectivity index (χ2n) is 6.81. The third kappa shape index (κ3) is 4.28. The van der Waals surface area contributed by atoms with Gasteiger partial charge in [-0.15, -0.1) is 11.3 Å². The molecule has 1 fully saturated rings. The number of carbonyl (C=O) groups excluding carboxylic acids is 2. The van der Waals surface area contributed by atoms with Crippen LogP contribution in [-0.2, 0) is 9.59 Å².